The molecule has 0 radical (unpaired) electrons. The molecule has 0 unspecified atom stereocenters. The molecule has 0 aliphatic carbocycles. The number of hydrogen-bond donors (Lipinski definition) is 1. The Bertz CT molecular complexity index is 272. The van der Waals surface area contributed by atoms with E-state index in [9.17, 15) is 4.79 Å². The van der Waals surface area contributed by atoms with Crippen LogP contribution in [0.15, 0.2) is 18.7 Å². The fraction of sp³-hybridized carbons (Fsp3) is 0.600. The van der Waals surface area contributed by atoms with Gasteiger partial charge in [0.1, 0.15) is 0 Å². The number of esters is 1. The maximum atomic E-state index is 11.0. The number of carbonyl (C=O) groups is 1. The van der Waals surface area contributed by atoms with Crippen LogP contribution in [0.3, 0.4) is 0 Å². The molecule has 0 aromatic carbocycles. The summed E-state index contributed by atoms with van der Waals surface area (Å²) in [5.74, 6) is -0.146. The van der Waals surface area contributed by atoms with E-state index in [1.807, 2.05) is 17.7 Å². The number of carbonyl (C=O) groups excluding carboxylic acids is 1. The number of rotatable bonds is 7. The Balaban J connectivity index is 1.95. The standard InChI is InChI=1S/C10H17N3O2/c1-2-15-10(14)3-4-11-5-7-13-8-6-12-9-13/h6,8-9,11H,2-5,7H2,1H3. The second-order valence-electron chi connectivity index (χ2n) is 3.11. The number of ether oxygens (including phenoxy) is 1. The van der Waals surface area contributed by atoms with Crippen LogP contribution in [-0.2, 0) is 16.1 Å². The van der Waals surface area contributed by atoms with Gasteiger partial charge in [-0.15, -0.1) is 0 Å². The van der Waals surface area contributed by atoms with Crippen molar-refractivity contribution >= 4 is 5.97 Å². The minimum Gasteiger partial charge on any atom is -0.466 e. The molecular weight excluding hydrogens is 194 g/mol. The second kappa shape index (κ2) is 7.00. The fourth-order valence-corrected chi connectivity index (χ4v) is 1.18. The van der Waals surface area contributed by atoms with E-state index in [0.717, 1.165) is 13.1 Å². The van der Waals surface area contributed by atoms with Gasteiger partial charge in [-0.1, -0.05) is 0 Å². The molecule has 1 aromatic rings. The van der Waals surface area contributed by atoms with Crippen molar-refractivity contribution in [1.29, 1.82) is 0 Å². The first-order valence-electron chi connectivity index (χ1n) is 5.15. The van der Waals surface area contributed by atoms with Crippen LogP contribution < -0.4 is 5.32 Å². The summed E-state index contributed by atoms with van der Waals surface area (Å²) in [6.07, 6.45) is 5.86. The van der Waals surface area contributed by atoms with Crippen LogP contribution in [0.2, 0.25) is 0 Å². The lowest BCUT2D eigenvalue weighted by molar-refractivity contribution is -0.142. The number of aromatic nitrogens is 2. The monoisotopic (exact) mass is 211 g/mol. The Labute approximate surface area is 89.4 Å². The van der Waals surface area contributed by atoms with E-state index in [1.165, 1.54) is 0 Å². The third-order valence-corrected chi connectivity index (χ3v) is 1.92. The summed E-state index contributed by atoms with van der Waals surface area (Å²) in [7, 11) is 0. The van der Waals surface area contributed by atoms with Gasteiger partial charge in [0.05, 0.1) is 19.4 Å². The Morgan fingerprint density at radius 2 is 2.40 bits per heavy atom. The first kappa shape index (κ1) is 11.7. The first-order valence-corrected chi connectivity index (χ1v) is 5.15. The lowest BCUT2D eigenvalue weighted by Crippen LogP contribution is -2.23. The van der Waals surface area contributed by atoms with E-state index in [1.54, 1.807) is 12.5 Å². The van der Waals surface area contributed by atoms with Crippen LogP contribution in [-0.4, -0.2) is 35.2 Å². The highest BCUT2D eigenvalue weighted by Gasteiger charge is 1.99. The Morgan fingerprint density at radius 1 is 1.53 bits per heavy atom. The molecule has 15 heavy (non-hydrogen) atoms. The van der Waals surface area contributed by atoms with E-state index < -0.39 is 0 Å². The predicted octanol–water partition coefficient (Wildman–Crippen LogP) is 0.426. The molecule has 0 saturated heterocycles. The molecule has 1 aromatic heterocycles. The minimum absolute atomic E-state index is 0.146. The topological polar surface area (TPSA) is 56.1 Å². The van der Waals surface area contributed by atoms with Crippen molar-refractivity contribution in [3.05, 3.63) is 18.7 Å². The summed E-state index contributed by atoms with van der Waals surface area (Å²) >= 11 is 0. The lowest BCUT2D eigenvalue weighted by Gasteiger charge is -2.05. The largest absolute Gasteiger partial charge is 0.466 e. The van der Waals surface area contributed by atoms with Crippen LogP contribution in [0.5, 0.6) is 0 Å². The molecule has 1 N–H and O–H groups in total. The van der Waals surface area contributed by atoms with Gasteiger partial charge in [0.2, 0.25) is 0 Å². The average Bonchev–Trinajstić information content (AvgIpc) is 2.70. The lowest BCUT2D eigenvalue weighted by atomic mass is 10.4. The minimum atomic E-state index is -0.146. The smallest absolute Gasteiger partial charge is 0.307 e. The van der Waals surface area contributed by atoms with Crippen LogP contribution in [0.25, 0.3) is 0 Å². The molecule has 1 heterocycles. The number of nitrogens with one attached hydrogen (secondary N) is 1. The van der Waals surface area contributed by atoms with Crippen molar-refractivity contribution in [2.75, 3.05) is 19.7 Å². The average molecular weight is 211 g/mol. The maximum Gasteiger partial charge on any atom is 0.307 e. The molecule has 0 aliphatic rings. The molecule has 0 atom stereocenters. The van der Waals surface area contributed by atoms with Crippen LogP contribution >= 0.6 is 0 Å². The summed E-state index contributed by atoms with van der Waals surface area (Å²) in [4.78, 5) is 14.9. The summed E-state index contributed by atoms with van der Waals surface area (Å²) in [6.45, 7) is 4.62. The van der Waals surface area contributed by atoms with Crippen molar-refractivity contribution < 1.29 is 9.53 Å². The molecule has 0 spiro atoms. The third kappa shape index (κ3) is 5.17. The van der Waals surface area contributed by atoms with Crippen molar-refractivity contribution in [2.45, 2.75) is 19.9 Å². The summed E-state index contributed by atoms with van der Waals surface area (Å²) < 4.78 is 6.78. The molecule has 5 nitrogen and oxygen atoms in total. The predicted molar refractivity (Wildman–Crippen MR) is 56.3 cm³/mol. The summed E-state index contributed by atoms with van der Waals surface area (Å²) in [6, 6.07) is 0. The fourth-order valence-electron chi connectivity index (χ4n) is 1.18. The zero-order valence-corrected chi connectivity index (χ0v) is 8.98. The molecule has 0 aliphatic heterocycles. The maximum absolute atomic E-state index is 11.0. The highest BCUT2D eigenvalue weighted by atomic mass is 16.5. The highest BCUT2D eigenvalue weighted by Crippen LogP contribution is 1.86. The molecule has 84 valence electrons. The highest BCUT2D eigenvalue weighted by molar-refractivity contribution is 5.69. The molecule has 0 amide bonds. The second-order valence-corrected chi connectivity index (χ2v) is 3.11. The van der Waals surface area contributed by atoms with Gasteiger partial charge in [-0.25, -0.2) is 4.98 Å². The van der Waals surface area contributed by atoms with Gasteiger partial charge in [-0.2, -0.15) is 0 Å². The zero-order chi connectivity index (χ0) is 10.9. The van der Waals surface area contributed by atoms with Gasteiger partial charge in [-0.3, -0.25) is 4.79 Å². The van der Waals surface area contributed by atoms with Crippen molar-refractivity contribution in [2.24, 2.45) is 0 Å². The number of nitrogens with zero attached hydrogens (tertiary/aromatic N) is 2. The summed E-state index contributed by atoms with van der Waals surface area (Å²) in [5, 5.41) is 3.16. The van der Waals surface area contributed by atoms with E-state index >= 15 is 0 Å². The Kier molecular flexibility index (Phi) is 5.47. The van der Waals surface area contributed by atoms with Crippen molar-refractivity contribution in [1.82, 2.24) is 14.9 Å². The first-order chi connectivity index (χ1) is 7.33. The van der Waals surface area contributed by atoms with Crippen LogP contribution in [0, 0.1) is 0 Å². The van der Waals surface area contributed by atoms with Crippen LogP contribution in [0.4, 0.5) is 0 Å². The number of imidazole rings is 1. The zero-order valence-electron chi connectivity index (χ0n) is 8.98. The van der Waals surface area contributed by atoms with Gasteiger partial charge in [0.25, 0.3) is 0 Å². The number of hydrogen-bond acceptors (Lipinski definition) is 4. The van der Waals surface area contributed by atoms with Crippen LogP contribution in [0.1, 0.15) is 13.3 Å². The summed E-state index contributed by atoms with van der Waals surface area (Å²) in [5.41, 5.74) is 0. The molecule has 5 heteroatoms. The molecule has 0 saturated carbocycles. The molecule has 1 rings (SSSR count). The molecule has 0 bridgehead atoms. The molecule has 0 fully saturated rings. The van der Waals surface area contributed by atoms with Gasteiger partial charge in [0.15, 0.2) is 0 Å². The quantitative estimate of drug-likeness (QED) is 0.525. The van der Waals surface area contributed by atoms with E-state index in [-0.39, 0.29) is 5.97 Å². The third-order valence-electron chi connectivity index (χ3n) is 1.92. The molecular formula is C10H17N3O2. The van der Waals surface area contributed by atoms with E-state index in [4.69, 9.17) is 4.74 Å². The Morgan fingerprint density at radius 3 is 3.07 bits per heavy atom. The van der Waals surface area contributed by atoms with Gasteiger partial charge in [0, 0.05) is 32.0 Å². The van der Waals surface area contributed by atoms with Crippen molar-refractivity contribution in [3.8, 4) is 0 Å². The normalized spacial score (nSPS) is 10.2. The van der Waals surface area contributed by atoms with Gasteiger partial charge in [-0.05, 0) is 6.92 Å². The van der Waals surface area contributed by atoms with Gasteiger partial charge < -0.3 is 14.6 Å². The van der Waals surface area contributed by atoms with E-state index in [2.05, 4.69) is 10.3 Å². The van der Waals surface area contributed by atoms with Gasteiger partial charge >= 0.3 is 5.97 Å². The Hall–Kier alpha value is -1.36. The van der Waals surface area contributed by atoms with Crippen molar-refractivity contribution in [3.63, 3.8) is 0 Å². The SMILES string of the molecule is CCOC(=O)CCNCCn1ccnc1. The van der Waals surface area contributed by atoms with E-state index in [0.29, 0.717) is 19.6 Å².